The van der Waals surface area contributed by atoms with Crippen molar-refractivity contribution in [1.82, 2.24) is 0 Å². The number of hydrogen-bond acceptors (Lipinski definition) is 5. The number of rotatable bonds is 5. The van der Waals surface area contributed by atoms with Crippen LogP contribution < -0.4 is 15.1 Å². The molecule has 0 saturated heterocycles. The lowest BCUT2D eigenvalue weighted by Gasteiger charge is -2.18. The van der Waals surface area contributed by atoms with Crippen molar-refractivity contribution in [2.24, 2.45) is 0 Å². The summed E-state index contributed by atoms with van der Waals surface area (Å²) >= 11 is 1.37. The Kier molecular flexibility index (Phi) is 4.90. The summed E-state index contributed by atoms with van der Waals surface area (Å²) in [5.41, 5.74) is 2.26. The van der Waals surface area contributed by atoms with Gasteiger partial charge in [-0.15, -0.1) is 11.3 Å². The van der Waals surface area contributed by atoms with Crippen molar-refractivity contribution in [2.75, 3.05) is 29.2 Å². The topological polar surface area (TPSA) is 52.6 Å². The maximum absolute atomic E-state index is 13.6. The van der Waals surface area contributed by atoms with Gasteiger partial charge in [-0.1, -0.05) is 12.1 Å². The molecule has 2 amide bonds. The fourth-order valence-corrected chi connectivity index (χ4v) is 3.91. The van der Waals surface area contributed by atoms with E-state index in [-0.39, 0.29) is 11.3 Å². The molecule has 5 nitrogen and oxygen atoms in total. The van der Waals surface area contributed by atoms with Crippen LogP contribution in [0, 0.1) is 5.82 Å². The number of imide groups is 1. The van der Waals surface area contributed by atoms with Crippen LogP contribution in [0.4, 0.5) is 21.5 Å². The first-order chi connectivity index (χ1) is 14.0. The third-order valence-electron chi connectivity index (χ3n) is 4.57. The van der Waals surface area contributed by atoms with Gasteiger partial charge < -0.3 is 10.2 Å². The normalized spacial score (nSPS) is 14.0. The fraction of sp³-hybridized carbons (Fsp3) is 0.0909. The molecule has 0 bridgehead atoms. The molecule has 1 N–H and O–H groups in total. The minimum absolute atomic E-state index is 0.139. The van der Waals surface area contributed by atoms with Gasteiger partial charge in [-0.3, -0.25) is 9.59 Å². The minimum atomic E-state index is -0.472. The predicted molar refractivity (Wildman–Crippen MR) is 115 cm³/mol. The standard InChI is InChI=1S/C22H18FN3O2S/c1-25(2)16-8-10-17(11-9-16)26-21(27)19(18-7-4-12-29-18)20(22(26)28)24-15-6-3-5-14(23)13-15/h3-13,24H,1-2H3. The molecule has 1 aromatic heterocycles. The second-order valence-corrected chi connectivity index (χ2v) is 7.67. The number of amides is 2. The molecule has 29 heavy (non-hydrogen) atoms. The Labute approximate surface area is 171 Å². The highest BCUT2D eigenvalue weighted by Crippen LogP contribution is 2.36. The molecule has 1 aliphatic heterocycles. The number of nitrogens with one attached hydrogen (secondary N) is 1. The van der Waals surface area contributed by atoms with E-state index in [1.807, 2.05) is 42.6 Å². The van der Waals surface area contributed by atoms with Crippen molar-refractivity contribution in [3.05, 3.63) is 82.4 Å². The van der Waals surface area contributed by atoms with Gasteiger partial charge in [-0.05, 0) is 53.9 Å². The Morgan fingerprint density at radius 1 is 0.966 bits per heavy atom. The first kappa shape index (κ1) is 18.9. The molecule has 7 heteroatoms. The number of halogens is 1. The Bertz CT molecular complexity index is 1110. The molecule has 0 fully saturated rings. The third kappa shape index (κ3) is 3.52. The molecule has 0 radical (unpaired) electrons. The second-order valence-electron chi connectivity index (χ2n) is 6.72. The van der Waals surface area contributed by atoms with E-state index < -0.39 is 17.6 Å². The number of carbonyl (C=O) groups excluding carboxylic acids is 2. The van der Waals surface area contributed by atoms with Crippen molar-refractivity contribution in [2.45, 2.75) is 0 Å². The van der Waals surface area contributed by atoms with Gasteiger partial charge in [0, 0.05) is 30.3 Å². The molecule has 1 aliphatic rings. The van der Waals surface area contributed by atoms with Crippen LogP contribution in [0.25, 0.3) is 5.57 Å². The smallest absolute Gasteiger partial charge is 0.282 e. The monoisotopic (exact) mass is 407 g/mol. The molecule has 0 aliphatic carbocycles. The summed E-state index contributed by atoms with van der Waals surface area (Å²) in [4.78, 5) is 30.2. The molecule has 3 aromatic rings. The zero-order valence-electron chi connectivity index (χ0n) is 15.8. The number of thiophene rings is 1. The van der Waals surface area contributed by atoms with Crippen LogP contribution >= 0.6 is 11.3 Å². The predicted octanol–water partition coefficient (Wildman–Crippen LogP) is 4.35. The lowest BCUT2D eigenvalue weighted by Crippen LogP contribution is -2.32. The molecule has 0 unspecified atom stereocenters. The van der Waals surface area contributed by atoms with E-state index >= 15 is 0 Å². The number of benzene rings is 2. The van der Waals surface area contributed by atoms with Crippen LogP contribution in [-0.2, 0) is 9.59 Å². The summed E-state index contributed by atoms with van der Waals surface area (Å²) in [6, 6.07) is 16.6. The van der Waals surface area contributed by atoms with Crippen LogP contribution in [0.5, 0.6) is 0 Å². The Balaban J connectivity index is 1.75. The largest absolute Gasteiger partial charge is 0.378 e. The van der Waals surface area contributed by atoms with Gasteiger partial charge in [-0.2, -0.15) is 0 Å². The van der Waals surface area contributed by atoms with E-state index in [0.717, 1.165) is 10.6 Å². The van der Waals surface area contributed by atoms with Gasteiger partial charge in [0.15, 0.2) is 0 Å². The molecular formula is C22H18FN3O2S. The summed E-state index contributed by atoms with van der Waals surface area (Å²) in [5.74, 6) is -1.31. The molecule has 0 atom stereocenters. The first-order valence-corrected chi connectivity index (χ1v) is 9.80. The van der Waals surface area contributed by atoms with Crippen LogP contribution in [0.15, 0.2) is 71.7 Å². The highest BCUT2D eigenvalue weighted by Gasteiger charge is 2.40. The summed E-state index contributed by atoms with van der Waals surface area (Å²) in [6.45, 7) is 0. The Hall–Kier alpha value is -3.45. The molecule has 2 aromatic carbocycles. The van der Waals surface area contributed by atoms with E-state index in [1.54, 1.807) is 30.3 Å². The van der Waals surface area contributed by atoms with Crippen molar-refractivity contribution < 1.29 is 14.0 Å². The lowest BCUT2D eigenvalue weighted by atomic mass is 10.2. The summed E-state index contributed by atoms with van der Waals surface area (Å²) in [5, 5.41) is 4.80. The third-order valence-corrected chi connectivity index (χ3v) is 5.46. The number of nitrogens with zero attached hydrogens (tertiary/aromatic N) is 2. The lowest BCUT2D eigenvalue weighted by molar-refractivity contribution is -0.120. The average Bonchev–Trinajstić information content (AvgIpc) is 3.29. The van der Waals surface area contributed by atoms with Gasteiger partial charge in [-0.25, -0.2) is 9.29 Å². The van der Waals surface area contributed by atoms with Gasteiger partial charge in [0.1, 0.15) is 11.5 Å². The van der Waals surface area contributed by atoms with Gasteiger partial charge in [0.2, 0.25) is 0 Å². The van der Waals surface area contributed by atoms with Crippen LogP contribution in [-0.4, -0.2) is 25.9 Å². The molecule has 0 saturated carbocycles. The SMILES string of the molecule is CN(C)c1ccc(N2C(=O)C(Nc3cccc(F)c3)=C(c3cccs3)C2=O)cc1. The van der Waals surface area contributed by atoms with E-state index in [4.69, 9.17) is 0 Å². The van der Waals surface area contributed by atoms with E-state index in [1.165, 1.54) is 23.5 Å². The summed E-state index contributed by atoms with van der Waals surface area (Å²) < 4.78 is 13.6. The van der Waals surface area contributed by atoms with Crippen LogP contribution in [0.3, 0.4) is 0 Å². The zero-order valence-corrected chi connectivity index (χ0v) is 16.7. The second kappa shape index (κ2) is 7.52. The number of anilines is 3. The van der Waals surface area contributed by atoms with Crippen molar-refractivity contribution >= 4 is 45.8 Å². The summed E-state index contributed by atoms with van der Waals surface area (Å²) in [7, 11) is 3.83. The molecule has 0 spiro atoms. The van der Waals surface area contributed by atoms with Crippen LogP contribution in [0.2, 0.25) is 0 Å². The molecule has 4 rings (SSSR count). The maximum atomic E-state index is 13.6. The highest BCUT2D eigenvalue weighted by molar-refractivity contribution is 7.11. The Morgan fingerprint density at radius 3 is 2.34 bits per heavy atom. The van der Waals surface area contributed by atoms with Gasteiger partial charge >= 0.3 is 0 Å². The van der Waals surface area contributed by atoms with E-state index in [0.29, 0.717) is 16.3 Å². The van der Waals surface area contributed by atoms with E-state index in [2.05, 4.69) is 5.32 Å². The van der Waals surface area contributed by atoms with Gasteiger partial charge in [0.05, 0.1) is 11.3 Å². The highest BCUT2D eigenvalue weighted by atomic mass is 32.1. The fourth-order valence-electron chi connectivity index (χ4n) is 3.14. The van der Waals surface area contributed by atoms with Crippen LogP contribution in [0.1, 0.15) is 4.88 Å². The number of hydrogen-bond donors (Lipinski definition) is 1. The van der Waals surface area contributed by atoms with Gasteiger partial charge in [0.25, 0.3) is 11.8 Å². The maximum Gasteiger partial charge on any atom is 0.282 e. The first-order valence-electron chi connectivity index (χ1n) is 8.92. The number of carbonyl (C=O) groups is 2. The molecule has 2 heterocycles. The summed E-state index contributed by atoms with van der Waals surface area (Å²) in [6.07, 6.45) is 0. The quantitative estimate of drug-likeness (QED) is 0.639. The van der Waals surface area contributed by atoms with Crippen molar-refractivity contribution in [3.8, 4) is 0 Å². The van der Waals surface area contributed by atoms with Crippen molar-refractivity contribution in [1.29, 1.82) is 0 Å². The molecule has 146 valence electrons. The minimum Gasteiger partial charge on any atom is -0.378 e. The van der Waals surface area contributed by atoms with Crippen molar-refractivity contribution in [3.63, 3.8) is 0 Å². The zero-order chi connectivity index (χ0) is 20.5. The average molecular weight is 407 g/mol. The Morgan fingerprint density at radius 2 is 1.72 bits per heavy atom. The molecular weight excluding hydrogens is 389 g/mol. The van der Waals surface area contributed by atoms with E-state index in [9.17, 15) is 14.0 Å².